The Bertz CT molecular complexity index is 1080. The molecular formula is C24H24BrNO5. The highest BCUT2D eigenvalue weighted by Gasteiger charge is 2.25. The van der Waals surface area contributed by atoms with Crippen molar-refractivity contribution in [1.29, 1.82) is 0 Å². The van der Waals surface area contributed by atoms with Crippen molar-refractivity contribution in [2.45, 2.75) is 40.0 Å². The lowest BCUT2D eigenvalue weighted by atomic mass is 9.87. The molecule has 0 amide bonds. The second-order valence-electron chi connectivity index (χ2n) is 8.02. The highest BCUT2D eigenvalue weighted by Crippen LogP contribution is 2.38. The summed E-state index contributed by atoms with van der Waals surface area (Å²) in [6.07, 6.45) is 1.60. The minimum absolute atomic E-state index is 0.0294. The first-order valence-electron chi connectivity index (χ1n) is 9.86. The quantitative estimate of drug-likeness (QED) is 0.321. The van der Waals surface area contributed by atoms with Crippen molar-refractivity contribution in [2.75, 3.05) is 6.61 Å². The van der Waals surface area contributed by atoms with Crippen LogP contribution >= 0.6 is 15.9 Å². The highest BCUT2D eigenvalue weighted by molar-refractivity contribution is 9.10. The van der Waals surface area contributed by atoms with Crippen LogP contribution in [0.1, 0.15) is 51.3 Å². The van der Waals surface area contributed by atoms with Crippen LogP contribution in [0.2, 0.25) is 0 Å². The molecule has 1 aliphatic rings. The molecule has 0 spiro atoms. The summed E-state index contributed by atoms with van der Waals surface area (Å²) in [6, 6.07) is 11.2. The summed E-state index contributed by atoms with van der Waals surface area (Å²) in [5.41, 5.74) is 2.75. The van der Waals surface area contributed by atoms with E-state index in [-0.39, 0.29) is 22.8 Å². The zero-order valence-electron chi connectivity index (χ0n) is 18.1. The molecule has 0 fully saturated rings. The van der Waals surface area contributed by atoms with E-state index in [0.29, 0.717) is 22.4 Å². The summed E-state index contributed by atoms with van der Waals surface area (Å²) in [6.45, 7) is 9.94. The molecule has 162 valence electrons. The average molecular weight is 486 g/mol. The van der Waals surface area contributed by atoms with Crippen molar-refractivity contribution < 1.29 is 23.8 Å². The molecule has 3 rings (SSSR count). The first-order chi connectivity index (χ1) is 14.6. The van der Waals surface area contributed by atoms with E-state index in [1.165, 1.54) is 12.5 Å². The molecule has 1 heterocycles. The normalized spacial score (nSPS) is 15.0. The van der Waals surface area contributed by atoms with Gasteiger partial charge in [0.25, 0.3) is 0 Å². The maximum Gasteiger partial charge on any atom is 0.363 e. The molecule has 0 N–H and O–H groups in total. The SMILES string of the molecule is CCOc1cc(/C=C2\N=C(c3ccc(C(C)(C)C)cc3)OC2=O)cc(Br)c1OC(C)=O. The Hall–Kier alpha value is -2.93. The number of ether oxygens (including phenoxy) is 3. The second-order valence-corrected chi connectivity index (χ2v) is 8.87. The van der Waals surface area contributed by atoms with E-state index in [2.05, 4.69) is 41.7 Å². The summed E-state index contributed by atoms with van der Waals surface area (Å²) in [7, 11) is 0. The molecule has 0 unspecified atom stereocenters. The molecule has 7 heteroatoms. The summed E-state index contributed by atoms with van der Waals surface area (Å²) < 4.78 is 16.7. The van der Waals surface area contributed by atoms with E-state index in [0.717, 1.165) is 5.56 Å². The average Bonchev–Trinajstić information content (AvgIpc) is 3.04. The van der Waals surface area contributed by atoms with Crippen LogP contribution in [0.25, 0.3) is 6.08 Å². The van der Waals surface area contributed by atoms with Gasteiger partial charge in [-0.25, -0.2) is 9.79 Å². The number of aliphatic imine (C=N–C) groups is 1. The molecule has 0 saturated carbocycles. The van der Waals surface area contributed by atoms with Gasteiger partial charge in [-0.2, -0.15) is 0 Å². The van der Waals surface area contributed by atoms with Gasteiger partial charge in [-0.3, -0.25) is 4.79 Å². The number of esters is 2. The van der Waals surface area contributed by atoms with E-state index in [1.807, 2.05) is 31.2 Å². The third kappa shape index (κ3) is 5.41. The Labute approximate surface area is 190 Å². The molecule has 0 aliphatic carbocycles. The molecule has 0 atom stereocenters. The predicted molar refractivity (Wildman–Crippen MR) is 122 cm³/mol. The van der Waals surface area contributed by atoms with Crippen LogP contribution in [-0.4, -0.2) is 24.4 Å². The zero-order chi connectivity index (χ0) is 22.8. The van der Waals surface area contributed by atoms with Gasteiger partial charge in [0, 0.05) is 12.5 Å². The largest absolute Gasteiger partial charge is 0.490 e. The number of hydrogen-bond donors (Lipinski definition) is 0. The third-order valence-electron chi connectivity index (χ3n) is 4.50. The van der Waals surface area contributed by atoms with E-state index in [4.69, 9.17) is 14.2 Å². The third-order valence-corrected chi connectivity index (χ3v) is 5.09. The van der Waals surface area contributed by atoms with Gasteiger partial charge in [-0.1, -0.05) is 32.9 Å². The fourth-order valence-electron chi connectivity index (χ4n) is 2.98. The molecule has 6 nitrogen and oxygen atoms in total. The van der Waals surface area contributed by atoms with Crippen LogP contribution in [0, 0.1) is 0 Å². The predicted octanol–water partition coefficient (Wildman–Crippen LogP) is 5.42. The van der Waals surface area contributed by atoms with Crippen LogP contribution < -0.4 is 9.47 Å². The minimum Gasteiger partial charge on any atom is -0.490 e. The lowest BCUT2D eigenvalue weighted by molar-refractivity contribution is -0.132. The van der Waals surface area contributed by atoms with Crippen LogP contribution in [-0.2, 0) is 19.7 Å². The van der Waals surface area contributed by atoms with Crippen molar-refractivity contribution in [3.63, 3.8) is 0 Å². The van der Waals surface area contributed by atoms with Crippen molar-refractivity contribution in [3.8, 4) is 11.5 Å². The molecule has 31 heavy (non-hydrogen) atoms. The standard InChI is InChI=1S/C24H24BrNO5/c1-6-29-20-13-15(11-18(25)21(20)30-14(2)27)12-19-23(28)31-22(26-19)16-7-9-17(10-8-16)24(3,4)5/h7-13H,6H2,1-5H3/b19-12-. The number of rotatable bonds is 5. The Kier molecular flexibility index (Phi) is 6.65. The summed E-state index contributed by atoms with van der Waals surface area (Å²) in [5.74, 6) is -0.0647. The van der Waals surface area contributed by atoms with Crippen LogP contribution in [0.3, 0.4) is 0 Å². The van der Waals surface area contributed by atoms with E-state index in [9.17, 15) is 9.59 Å². The number of benzene rings is 2. The second kappa shape index (κ2) is 9.06. The van der Waals surface area contributed by atoms with E-state index >= 15 is 0 Å². The number of hydrogen-bond acceptors (Lipinski definition) is 6. The van der Waals surface area contributed by atoms with Gasteiger partial charge >= 0.3 is 11.9 Å². The van der Waals surface area contributed by atoms with Crippen LogP contribution in [0.15, 0.2) is 51.6 Å². The first-order valence-corrected chi connectivity index (χ1v) is 10.7. The zero-order valence-corrected chi connectivity index (χ0v) is 19.7. The number of carbonyl (C=O) groups excluding carboxylic acids is 2. The summed E-state index contributed by atoms with van der Waals surface area (Å²) in [5, 5.41) is 0. The lowest BCUT2D eigenvalue weighted by Gasteiger charge is -2.18. The first kappa shape index (κ1) is 22.7. The molecule has 0 aromatic heterocycles. The van der Waals surface area contributed by atoms with Crippen molar-refractivity contribution >= 4 is 39.8 Å². The van der Waals surface area contributed by atoms with Gasteiger partial charge in [-0.05, 0) is 69.7 Å². The molecular weight excluding hydrogens is 462 g/mol. The van der Waals surface area contributed by atoms with Crippen molar-refractivity contribution in [1.82, 2.24) is 0 Å². The number of nitrogens with zero attached hydrogens (tertiary/aromatic N) is 1. The molecule has 1 aliphatic heterocycles. The van der Waals surface area contributed by atoms with Crippen LogP contribution in [0.4, 0.5) is 0 Å². The molecule has 0 radical (unpaired) electrons. The monoisotopic (exact) mass is 485 g/mol. The molecule has 2 aromatic carbocycles. The topological polar surface area (TPSA) is 74.2 Å². The van der Waals surface area contributed by atoms with Gasteiger partial charge in [0.05, 0.1) is 11.1 Å². The van der Waals surface area contributed by atoms with Gasteiger partial charge < -0.3 is 14.2 Å². The van der Waals surface area contributed by atoms with Crippen LogP contribution in [0.5, 0.6) is 11.5 Å². The Balaban J connectivity index is 1.93. The van der Waals surface area contributed by atoms with Crippen molar-refractivity contribution in [2.24, 2.45) is 4.99 Å². The number of carbonyl (C=O) groups is 2. The van der Waals surface area contributed by atoms with Gasteiger partial charge in [0.15, 0.2) is 17.2 Å². The molecule has 0 bridgehead atoms. The molecule has 2 aromatic rings. The van der Waals surface area contributed by atoms with Gasteiger partial charge in [0.2, 0.25) is 5.90 Å². The van der Waals surface area contributed by atoms with Gasteiger partial charge in [0.1, 0.15) is 0 Å². The minimum atomic E-state index is -0.534. The van der Waals surface area contributed by atoms with Gasteiger partial charge in [-0.15, -0.1) is 0 Å². The fraction of sp³-hybridized carbons (Fsp3) is 0.292. The maximum atomic E-state index is 12.4. The van der Waals surface area contributed by atoms with E-state index < -0.39 is 11.9 Å². The smallest absolute Gasteiger partial charge is 0.363 e. The maximum absolute atomic E-state index is 12.4. The number of halogens is 1. The summed E-state index contributed by atoms with van der Waals surface area (Å²) in [4.78, 5) is 28.1. The number of cyclic esters (lactones) is 1. The Morgan fingerprint density at radius 3 is 2.45 bits per heavy atom. The van der Waals surface area contributed by atoms with E-state index in [1.54, 1.807) is 18.2 Å². The lowest BCUT2D eigenvalue weighted by Crippen LogP contribution is -2.11. The van der Waals surface area contributed by atoms with Crippen molar-refractivity contribution in [3.05, 3.63) is 63.3 Å². The summed E-state index contributed by atoms with van der Waals surface area (Å²) >= 11 is 3.39. The highest BCUT2D eigenvalue weighted by atomic mass is 79.9. The Morgan fingerprint density at radius 2 is 1.87 bits per heavy atom. The Morgan fingerprint density at radius 1 is 1.19 bits per heavy atom. The fourth-order valence-corrected chi connectivity index (χ4v) is 3.52. The molecule has 0 saturated heterocycles.